The molecule has 0 spiro atoms. The average Bonchev–Trinajstić information content (AvgIpc) is 2.38. The Morgan fingerprint density at radius 1 is 1.32 bits per heavy atom. The van der Waals surface area contributed by atoms with Crippen LogP contribution in [0.2, 0.25) is 0 Å². The van der Waals surface area contributed by atoms with Gasteiger partial charge in [-0.1, -0.05) is 40.0 Å². The number of hydrogen-bond acceptors (Lipinski definition) is 2. The molecule has 2 N–H and O–H groups in total. The van der Waals surface area contributed by atoms with Gasteiger partial charge < -0.3 is 10.6 Å². The summed E-state index contributed by atoms with van der Waals surface area (Å²) in [5.41, 5.74) is 0.0845. The third-order valence-corrected chi connectivity index (χ3v) is 5.10. The zero-order valence-corrected chi connectivity index (χ0v) is 12.8. The first kappa shape index (κ1) is 14.8. The highest BCUT2D eigenvalue weighted by molar-refractivity contribution is 5.83. The summed E-state index contributed by atoms with van der Waals surface area (Å²) in [7, 11) is 0. The van der Waals surface area contributed by atoms with Crippen molar-refractivity contribution >= 4 is 5.91 Å². The molecule has 0 bridgehead atoms. The molecule has 3 nitrogen and oxygen atoms in total. The van der Waals surface area contributed by atoms with Gasteiger partial charge in [0.05, 0.1) is 6.04 Å². The zero-order valence-electron chi connectivity index (χ0n) is 12.8. The minimum Gasteiger partial charge on any atom is -0.352 e. The van der Waals surface area contributed by atoms with E-state index in [1.165, 1.54) is 32.1 Å². The molecule has 0 aromatic heterocycles. The quantitative estimate of drug-likeness (QED) is 0.824. The van der Waals surface area contributed by atoms with Gasteiger partial charge in [0, 0.05) is 6.04 Å². The lowest BCUT2D eigenvalue weighted by molar-refractivity contribution is -0.127. The van der Waals surface area contributed by atoms with E-state index in [0.717, 1.165) is 25.3 Å². The van der Waals surface area contributed by atoms with E-state index >= 15 is 0 Å². The van der Waals surface area contributed by atoms with Gasteiger partial charge >= 0.3 is 0 Å². The van der Waals surface area contributed by atoms with Crippen molar-refractivity contribution in [1.82, 2.24) is 10.6 Å². The smallest absolute Gasteiger partial charge is 0.237 e. The molecule has 110 valence electrons. The van der Waals surface area contributed by atoms with Crippen LogP contribution in [0, 0.1) is 11.3 Å². The Morgan fingerprint density at radius 2 is 2.11 bits per heavy atom. The molecule has 1 aliphatic carbocycles. The number of rotatable bonds is 3. The predicted molar refractivity (Wildman–Crippen MR) is 79.0 cm³/mol. The monoisotopic (exact) mass is 266 g/mol. The summed E-state index contributed by atoms with van der Waals surface area (Å²) in [6.07, 6.45) is 8.52. The van der Waals surface area contributed by atoms with Crippen LogP contribution in [-0.4, -0.2) is 24.5 Å². The van der Waals surface area contributed by atoms with Gasteiger partial charge in [-0.15, -0.1) is 0 Å². The Kier molecular flexibility index (Phi) is 4.88. The second-order valence-corrected chi connectivity index (χ2v) is 7.13. The summed E-state index contributed by atoms with van der Waals surface area (Å²) in [5.74, 6) is 1.04. The summed E-state index contributed by atoms with van der Waals surface area (Å²) in [6.45, 7) is 7.66. The van der Waals surface area contributed by atoms with Crippen LogP contribution in [0.25, 0.3) is 0 Å². The Bertz CT molecular complexity index is 314. The number of piperidine rings is 1. The molecular weight excluding hydrogens is 236 g/mol. The molecule has 1 saturated carbocycles. The van der Waals surface area contributed by atoms with Crippen molar-refractivity contribution in [2.45, 2.75) is 77.8 Å². The standard InChI is InChI=1S/C16H30N2O/c1-4-12-7-5-8-13(11-12)18-15(19)14-16(2,3)9-6-10-17-14/h12-14,17H,4-11H2,1-3H3,(H,18,19). The molecule has 3 atom stereocenters. The molecule has 1 amide bonds. The summed E-state index contributed by atoms with van der Waals surface area (Å²) >= 11 is 0. The van der Waals surface area contributed by atoms with Crippen LogP contribution >= 0.6 is 0 Å². The van der Waals surface area contributed by atoms with Gasteiger partial charge in [-0.25, -0.2) is 0 Å². The van der Waals surface area contributed by atoms with Crippen LogP contribution in [-0.2, 0) is 4.79 Å². The van der Waals surface area contributed by atoms with Gasteiger partial charge in [0.15, 0.2) is 0 Å². The van der Waals surface area contributed by atoms with Crippen molar-refractivity contribution in [3.8, 4) is 0 Å². The molecular formula is C16H30N2O. The van der Waals surface area contributed by atoms with E-state index in [1.54, 1.807) is 0 Å². The maximum absolute atomic E-state index is 12.5. The number of nitrogens with one attached hydrogen (secondary N) is 2. The lowest BCUT2D eigenvalue weighted by atomic mass is 9.76. The fourth-order valence-electron chi connectivity index (χ4n) is 3.74. The van der Waals surface area contributed by atoms with Gasteiger partial charge in [0.25, 0.3) is 0 Å². The highest BCUT2D eigenvalue weighted by atomic mass is 16.2. The van der Waals surface area contributed by atoms with E-state index in [1.807, 2.05) is 0 Å². The third-order valence-electron chi connectivity index (χ3n) is 5.10. The summed E-state index contributed by atoms with van der Waals surface area (Å²) in [6, 6.07) is 0.397. The lowest BCUT2D eigenvalue weighted by Gasteiger charge is -2.39. The molecule has 19 heavy (non-hydrogen) atoms. The van der Waals surface area contributed by atoms with E-state index in [-0.39, 0.29) is 17.4 Å². The van der Waals surface area contributed by atoms with Crippen molar-refractivity contribution in [3.63, 3.8) is 0 Å². The van der Waals surface area contributed by atoms with Crippen molar-refractivity contribution in [2.75, 3.05) is 6.54 Å². The highest BCUT2D eigenvalue weighted by Gasteiger charge is 2.38. The second kappa shape index (κ2) is 6.25. The van der Waals surface area contributed by atoms with Gasteiger partial charge in [0.1, 0.15) is 0 Å². The zero-order chi connectivity index (χ0) is 13.9. The fourth-order valence-corrected chi connectivity index (χ4v) is 3.74. The molecule has 0 aromatic rings. The summed E-state index contributed by atoms with van der Waals surface area (Å²) in [4.78, 5) is 12.5. The number of carbonyl (C=O) groups excluding carboxylic acids is 1. The molecule has 1 saturated heterocycles. The average molecular weight is 266 g/mol. The molecule has 2 fully saturated rings. The maximum atomic E-state index is 12.5. The van der Waals surface area contributed by atoms with Gasteiger partial charge in [-0.2, -0.15) is 0 Å². The van der Waals surface area contributed by atoms with E-state index in [4.69, 9.17) is 0 Å². The van der Waals surface area contributed by atoms with E-state index in [9.17, 15) is 4.79 Å². The molecule has 2 rings (SSSR count). The minimum absolute atomic E-state index is 0.0109. The number of carbonyl (C=O) groups is 1. The topological polar surface area (TPSA) is 41.1 Å². The van der Waals surface area contributed by atoms with Crippen LogP contribution in [0.3, 0.4) is 0 Å². The van der Waals surface area contributed by atoms with Crippen LogP contribution in [0.5, 0.6) is 0 Å². The predicted octanol–water partition coefficient (Wildman–Crippen LogP) is 2.85. The van der Waals surface area contributed by atoms with Crippen LogP contribution < -0.4 is 10.6 Å². The van der Waals surface area contributed by atoms with Crippen LogP contribution in [0.15, 0.2) is 0 Å². The first-order chi connectivity index (χ1) is 9.03. The van der Waals surface area contributed by atoms with Crippen molar-refractivity contribution < 1.29 is 4.79 Å². The second-order valence-electron chi connectivity index (χ2n) is 7.13. The molecule has 3 heteroatoms. The van der Waals surface area contributed by atoms with E-state index in [2.05, 4.69) is 31.4 Å². The van der Waals surface area contributed by atoms with Crippen LogP contribution in [0.4, 0.5) is 0 Å². The fraction of sp³-hybridized carbons (Fsp3) is 0.938. The van der Waals surface area contributed by atoms with Crippen molar-refractivity contribution in [2.24, 2.45) is 11.3 Å². The summed E-state index contributed by atoms with van der Waals surface area (Å²) in [5, 5.41) is 6.72. The largest absolute Gasteiger partial charge is 0.352 e. The molecule has 0 radical (unpaired) electrons. The van der Waals surface area contributed by atoms with Crippen molar-refractivity contribution in [1.29, 1.82) is 0 Å². The minimum atomic E-state index is -0.0109. The van der Waals surface area contributed by atoms with E-state index in [0.29, 0.717) is 6.04 Å². The first-order valence-corrected chi connectivity index (χ1v) is 8.06. The Balaban J connectivity index is 1.89. The molecule has 3 unspecified atom stereocenters. The first-order valence-electron chi connectivity index (χ1n) is 8.06. The normalized spacial score (nSPS) is 34.8. The van der Waals surface area contributed by atoms with E-state index < -0.39 is 0 Å². The van der Waals surface area contributed by atoms with Crippen molar-refractivity contribution in [3.05, 3.63) is 0 Å². The maximum Gasteiger partial charge on any atom is 0.237 e. The molecule has 0 aromatic carbocycles. The van der Waals surface area contributed by atoms with Gasteiger partial charge in [-0.3, -0.25) is 4.79 Å². The molecule has 1 heterocycles. The Hall–Kier alpha value is -0.570. The summed E-state index contributed by atoms with van der Waals surface area (Å²) < 4.78 is 0. The highest BCUT2D eigenvalue weighted by Crippen LogP contribution is 2.31. The Labute approximate surface area is 117 Å². The Morgan fingerprint density at radius 3 is 2.79 bits per heavy atom. The lowest BCUT2D eigenvalue weighted by Crippen LogP contribution is -2.57. The third kappa shape index (κ3) is 3.71. The van der Waals surface area contributed by atoms with Crippen LogP contribution in [0.1, 0.15) is 65.7 Å². The van der Waals surface area contributed by atoms with Gasteiger partial charge in [0.2, 0.25) is 5.91 Å². The number of amides is 1. The molecule has 1 aliphatic heterocycles. The molecule has 2 aliphatic rings. The van der Waals surface area contributed by atoms with Gasteiger partial charge in [-0.05, 0) is 43.6 Å². The number of hydrogen-bond donors (Lipinski definition) is 2. The SMILES string of the molecule is CCC1CCCC(NC(=O)C2NCCCC2(C)C)C1.